The molecule has 46 heavy (non-hydrogen) atoms. The van der Waals surface area contributed by atoms with Crippen molar-refractivity contribution in [1.82, 2.24) is 4.90 Å². The summed E-state index contributed by atoms with van der Waals surface area (Å²) in [5.74, 6) is -1.93. The molecule has 0 aromatic heterocycles. The van der Waals surface area contributed by atoms with Gasteiger partial charge in [0.15, 0.2) is 0 Å². The van der Waals surface area contributed by atoms with Gasteiger partial charge in [-0.3, -0.25) is 14.4 Å². The Labute approximate surface area is 272 Å². The molecular weight excluding hydrogens is 582 g/mol. The quantitative estimate of drug-likeness (QED) is 0.319. The van der Waals surface area contributed by atoms with E-state index in [-0.39, 0.29) is 49.9 Å². The van der Waals surface area contributed by atoms with Crippen LogP contribution in [0, 0.1) is 31.6 Å². The topological polar surface area (TPSA) is 99.6 Å². The smallest absolute Gasteiger partial charge is 0.253 e. The van der Waals surface area contributed by atoms with Gasteiger partial charge in [-0.05, 0) is 81.8 Å². The van der Waals surface area contributed by atoms with Gasteiger partial charge in [0.05, 0.1) is 24.0 Å². The minimum absolute atomic E-state index is 0.113. The molecule has 0 saturated carbocycles. The molecule has 9 nitrogen and oxygen atoms in total. The Hall–Kier alpha value is -3.95. The molecule has 0 aliphatic carbocycles. The first-order chi connectivity index (χ1) is 22.0. The number of carbonyl (C=O) groups excluding carboxylic acids is 3. The summed E-state index contributed by atoms with van der Waals surface area (Å²) in [6.07, 6.45) is 4.09. The molecule has 1 spiro atoms. The van der Waals surface area contributed by atoms with Gasteiger partial charge < -0.3 is 29.3 Å². The van der Waals surface area contributed by atoms with Crippen molar-refractivity contribution in [3.63, 3.8) is 0 Å². The predicted octanol–water partition coefficient (Wildman–Crippen LogP) is 4.83. The summed E-state index contributed by atoms with van der Waals surface area (Å²) in [4.78, 5) is 49.2. The van der Waals surface area contributed by atoms with Crippen molar-refractivity contribution in [2.75, 3.05) is 42.6 Å². The molecule has 3 heterocycles. The van der Waals surface area contributed by atoms with E-state index in [1.807, 2.05) is 77.1 Å². The highest BCUT2D eigenvalue weighted by Crippen LogP contribution is 2.65. The Kier molecular flexibility index (Phi) is 9.47. The lowest BCUT2D eigenvalue weighted by Gasteiger charge is -2.39. The number of ether oxygens (including phenoxy) is 2. The predicted molar refractivity (Wildman–Crippen MR) is 179 cm³/mol. The highest BCUT2D eigenvalue weighted by Gasteiger charge is 2.80. The lowest BCUT2D eigenvalue weighted by Crippen LogP contribution is -2.57. The van der Waals surface area contributed by atoms with E-state index in [2.05, 4.69) is 13.2 Å². The molecule has 5 rings (SSSR count). The third-order valence-electron chi connectivity index (χ3n) is 10.2. The third kappa shape index (κ3) is 5.23. The fourth-order valence-corrected chi connectivity index (χ4v) is 8.18. The number of carbonyl (C=O) groups is 3. The normalized spacial score (nSPS) is 27.8. The van der Waals surface area contributed by atoms with Gasteiger partial charge in [-0.25, -0.2) is 0 Å². The van der Waals surface area contributed by atoms with Gasteiger partial charge >= 0.3 is 0 Å². The fourth-order valence-electron chi connectivity index (χ4n) is 8.18. The van der Waals surface area contributed by atoms with E-state index in [4.69, 9.17) is 9.47 Å². The maximum atomic E-state index is 14.9. The second-order valence-corrected chi connectivity index (χ2v) is 13.0. The zero-order valence-electron chi connectivity index (χ0n) is 27.7. The number of hydrogen-bond donors (Lipinski definition) is 1. The van der Waals surface area contributed by atoms with E-state index in [1.165, 1.54) is 0 Å². The lowest BCUT2D eigenvalue weighted by atomic mass is 9.62. The van der Waals surface area contributed by atoms with Gasteiger partial charge in [0.1, 0.15) is 17.4 Å². The van der Waals surface area contributed by atoms with Crippen LogP contribution in [0.3, 0.4) is 0 Å². The molecule has 3 amide bonds. The second kappa shape index (κ2) is 13.0. The summed E-state index contributed by atoms with van der Waals surface area (Å²) in [6, 6.07) is 12.2. The van der Waals surface area contributed by atoms with Crippen molar-refractivity contribution < 1.29 is 29.0 Å². The molecule has 2 bridgehead atoms. The number of nitrogens with zero attached hydrogens (tertiary/aromatic N) is 3. The number of aryl methyl sites for hydroxylation is 2. The molecule has 3 aliphatic rings. The highest BCUT2D eigenvalue weighted by molar-refractivity contribution is 6.07. The number of rotatable bonds is 13. The van der Waals surface area contributed by atoms with Gasteiger partial charge in [0.25, 0.3) is 5.91 Å². The van der Waals surface area contributed by atoms with Gasteiger partial charge in [-0.15, -0.1) is 13.2 Å². The molecule has 3 unspecified atom stereocenters. The zero-order chi connectivity index (χ0) is 33.4. The Morgan fingerprint density at radius 2 is 1.70 bits per heavy atom. The molecule has 3 fully saturated rings. The first kappa shape index (κ1) is 33.4. The van der Waals surface area contributed by atoms with Crippen LogP contribution in [-0.4, -0.2) is 77.8 Å². The number of benzene rings is 2. The van der Waals surface area contributed by atoms with Crippen molar-refractivity contribution in [2.45, 2.75) is 64.7 Å². The van der Waals surface area contributed by atoms with Crippen molar-refractivity contribution >= 4 is 29.1 Å². The van der Waals surface area contributed by atoms with E-state index in [0.29, 0.717) is 30.9 Å². The Balaban J connectivity index is 1.61. The number of para-hydroxylation sites is 1. The Bertz CT molecular complexity index is 1490. The summed E-state index contributed by atoms with van der Waals surface area (Å²) in [5.41, 5.74) is 1.09. The summed E-state index contributed by atoms with van der Waals surface area (Å²) < 4.78 is 12.6. The maximum Gasteiger partial charge on any atom is 0.253 e. The minimum atomic E-state index is -1.22. The molecular formula is C37H47N3O6. The molecule has 0 radical (unpaired) electrons. The van der Waals surface area contributed by atoms with Crippen LogP contribution in [0.5, 0.6) is 5.75 Å². The van der Waals surface area contributed by atoms with Crippen molar-refractivity contribution in [2.24, 2.45) is 17.8 Å². The summed E-state index contributed by atoms with van der Waals surface area (Å²) in [5, 5.41) is 9.79. The first-order valence-electron chi connectivity index (χ1n) is 16.3. The third-order valence-corrected chi connectivity index (χ3v) is 10.2. The maximum absolute atomic E-state index is 14.9. The average molecular weight is 630 g/mol. The number of anilines is 2. The fraction of sp³-hybridized carbons (Fsp3) is 0.486. The number of hydrogen-bond acceptors (Lipinski definition) is 6. The number of fused-ring (bicyclic) bond motifs is 1. The van der Waals surface area contributed by atoms with Crippen molar-refractivity contribution in [1.29, 1.82) is 0 Å². The van der Waals surface area contributed by atoms with Crippen molar-refractivity contribution in [3.8, 4) is 5.75 Å². The first-order valence-corrected chi connectivity index (χ1v) is 16.3. The van der Waals surface area contributed by atoms with E-state index < -0.39 is 29.1 Å². The van der Waals surface area contributed by atoms with Crippen molar-refractivity contribution in [3.05, 3.63) is 78.9 Å². The lowest BCUT2D eigenvalue weighted by molar-refractivity contribution is -0.146. The summed E-state index contributed by atoms with van der Waals surface area (Å²) >= 11 is 0. The van der Waals surface area contributed by atoms with E-state index in [1.54, 1.807) is 26.9 Å². The van der Waals surface area contributed by atoms with Gasteiger partial charge in [0.2, 0.25) is 11.8 Å². The monoisotopic (exact) mass is 629 g/mol. The molecule has 3 aliphatic heterocycles. The number of likely N-dealkylation sites (tertiary alicyclic amines) is 1. The highest BCUT2D eigenvalue weighted by atomic mass is 16.5. The van der Waals surface area contributed by atoms with Crippen LogP contribution in [0.25, 0.3) is 0 Å². The molecule has 3 saturated heterocycles. The van der Waals surface area contributed by atoms with Crippen LogP contribution in [0.2, 0.25) is 0 Å². The molecule has 2 aromatic rings. The SMILES string of the molecule is C=CCN(C(=O)[C@@H]1[C@H]2C(=O)N(CCCO)C(C(=O)N(CC=C)c3c(C)cccc3C)C23CC(C)[C@@]1(C)O3)c1ccc(OCC)cc1. The van der Waals surface area contributed by atoms with Gasteiger partial charge in [-0.1, -0.05) is 37.3 Å². The van der Waals surface area contributed by atoms with Gasteiger partial charge in [-0.2, -0.15) is 0 Å². The van der Waals surface area contributed by atoms with Crippen LogP contribution >= 0.6 is 0 Å². The van der Waals surface area contributed by atoms with E-state index in [0.717, 1.165) is 16.8 Å². The zero-order valence-corrected chi connectivity index (χ0v) is 27.7. The molecule has 6 atom stereocenters. The van der Waals surface area contributed by atoms with Gasteiger partial charge in [0, 0.05) is 37.6 Å². The molecule has 1 N–H and O–H groups in total. The number of aliphatic hydroxyl groups is 1. The van der Waals surface area contributed by atoms with Crippen LogP contribution in [0.1, 0.15) is 44.7 Å². The summed E-state index contributed by atoms with van der Waals surface area (Å²) in [6.45, 7) is 18.6. The average Bonchev–Trinajstić information content (AvgIpc) is 3.54. The van der Waals surface area contributed by atoms with Crippen LogP contribution in [-0.2, 0) is 19.1 Å². The number of aliphatic hydroxyl groups excluding tert-OH is 1. The minimum Gasteiger partial charge on any atom is -0.494 e. The van der Waals surface area contributed by atoms with Crippen LogP contribution in [0.15, 0.2) is 67.8 Å². The largest absolute Gasteiger partial charge is 0.494 e. The summed E-state index contributed by atoms with van der Waals surface area (Å²) in [7, 11) is 0. The second-order valence-electron chi connectivity index (χ2n) is 13.0. The number of amides is 3. The van der Waals surface area contributed by atoms with Crippen LogP contribution in [0.4, 0.5) is 11.4 Å². The standard InChI is InChI=1S/C37H47N3O6/c1-8-19-38(27-15-17-28(18-16-27)45-10-3)33(42)29-30-34(43)40(21-12-22-41)32(37(30)23-26(6)36(29,7)46-37)35(44)39(20-9-2)31-24(4)13-11-14-25(31)5/h8-9,11,13-18,26,29-30,32,41H,1-2,10,12,19-23H2,3-7H3/t26?,29-,30-,32?,36+,37?/m0/s1. The molecule has 2 aromatic carbocycles. The Morgan fingerprint density at radius 1 is 1.07 bits per heavy atom. The Morgan fingerprint density at radius 3 is 2.28 bits per heavy atom. The van der Waals surface area contributed by atoms with Crippen LogP contribution < -0.4 is 14.5 Å². The molecule has 9 heteroatoms. The van der Waals surface area contributed by atoms with E-state index >= 15 is 0 Å². The molecule has 246 valence electrons. The van der Waals surface area contributed by atoms with E-state index in [9.17, 15) is 19.5 Å².